The number of hydrogen-bond donors (Lipinski definition) is 1. The Morgan fingerprint density at radius 3 is 2.70 bits per heavy atom. The second-order valence-electron chi connectivity index (χ2n) is 6.25. The summed E-state index contributed by atoms with van der Waals surface area (Å²) in [4.78, 5) is 25.5. The van der Waals surface area contributed by atoms with Gasteiger partial charge in [0, 0.05) is 38.5 Å². The average molecular weight is 372 g/mol. The van der Waals surface area contributed by atoms with Gasteiger partial charge in [-0.1, -0.05) is 24.3 Å². The van der Waals surface area contributed by atoms with E-state index < -0.39 is 0 Å². The highest BCUT2D eigenvalue weighted by molar-refractivity contribution is 5.78. The Kier molecular flexibility index (Phi) is 5.90. The molecule has 1 N–H and O–H groups in total. The first-order valence-electron chi connectivity index (χ1n) is 8.67. The first-order valence-corrected chi connectivity index (χ1v) is 8.67. The van der Waals surface area contributed by atoms with E-state index in [0.29, 0.717) is 23.6 Å². The summed E-state index contributed by atoms with van der Waals surface area (Å²) >= 11 is 0. The van der Waals surface area contributed by atoms with Crippen LogP contribution in [0.4, 0.5) is 4.39 Å². The molecular weight excluding hydrogens is 351 g/mol. The Labute approximate surface area is 156 Å². The molecule has 1 heterocycles. The van der Waals surface area contributed by atoms with Gasteiger partial charge in [0.1, 0.15) is 5.82 Å². The number of amides is 2. The van der Waals surface area contributed by atoms with Crippen molar-refractivity contribution < 1.29 is 23.5 Å². The molecule has 27 heavy (non-hydrogen) atoms. The number of nitrogens with zero attached hydrogens (tertiary/aromatic N) is 1. The predicted molar refractivity (Wildman–Crippen MR) is 96.5 cm³/mol. The molecule has 0 saturated carbocycles. The van der Waals surface area contributed by atoms with Crippen molar-refractivity contribution in [1.29, 1.82) is 0 Å². The summed E-state index contributed by atoms with van der Waals surface area (Å²) in [5.41, 5.74) is 1.32. The molecule has 142 valence electrons. The number of carbonyl (C=O) groups excluding carboxylic acids is 2. The quantitative estimate of drug-likeness (QED) is 0.811. The lowest BCUT2D eigenvalue weighted by atomic mass is 10.2. The van der Waals surface area contributed by atoms with Crippen LogP contribution in [0.1, 0.15) is 24.5 Å². The van der Waals surface area contributed by atoms with E-state index in [1.807, 2.05) is 12.1 Å². The summed E-state index contributed by atoms with van der Waals surface area (Å²) < 4.78 is 24.2. The molecule has 0 fully saturated rings. The standard InChI is InChI=1S/C20H21FN2O4/c1-14(24)23(12-15-6-7-18-19(10-15)27-13-26-18)9-8-20(25)22-11-16-4-2-3-5-17(16)21/h2-7,10H,8-9,11-13H2,1H3,(H,22,25). The average Bonchev–Trinajstić information content (AvgIpc) is 3.12. The van der Waals surface area contributed by atoms with E-state index in [-0.39, 0.29) is 43.9 Å². The summed E-state index contributed by atoms with van der Waals surface area (Å²) in [6.45, 7) is 2.41. The van der Waals surface area contributed by atoms with E-state index in [1.165, 1.54) is 13.0 Å². The Bertz CT molecular complexity index is 840. The topological polar surface area (TPSA) is 67.9 Å². The van der Waals surface area contributed by atoms with Crippen molar-refractivity contribution in [2.45, 2.75) is 26.4 Å². The molecule has 1 aliphatic rings. The fourth-order valence-electron chi connectivity index (χ4n) is 2.77. The van der Waals surface area contributed by atoms with Gasteiger partial charge in [0.15, 0.2) is 11.5 Å². The van der Waals surface area contributed by atoms with Crippen LogP contribution >= 0.6 is 0 Å². The van der Waals surface area contributed by atoms with Gasteiger partial charge in [-0.3, -0.25) is 9.59 Å². The van der Waals surface area contributed by atoms with Crippen molar-refractivity contribution in [3.05, 3.63) is 59.4 Å². The number of nitrogens with one attached hydrogen (secondary N) is 1. The molecule has 6 nitrogen and oxygen atoms in total. The van der Waals surface area contributed by atoms with Crippen molar-refractivity contribution in [2.75, 3.05) is 13.3 Å². The van der Waals surface area contributed by atoms with Crippen LogP contribution in [0.3, 0.4) is 0 Å². The lowest BCUT2D eigenvalue weighted by Crippen LogP contribution is -2.33. The molecule has 1 aliphatic heterocycles. The highest BCUT2D eigenvalue weighted by Gasteiger charge is 2.16. The van der Waals surface area contributed by atoms with Crippen molar-refractivity contribution in [3.8, 4) is 11.5 Å². The van der Waals surface area contributed by atoms with Gasteiger partial charge < -0.3 is 19.7 Å². The van der Waals surface area contributed by atoms with Gasteiger partial charge in [-0.25, -0.2) is 4.39 Å². The molecule has 0 atom stereocenters. The second-order valence-corrected chi connectivity index (χ2v) is 6.25. The second kappa shape index (κ2) is 8.53. The van der Waals surface area contributed by atoms with Gasteiger partial charge in [0.05, 0.1) is 0 Å². The molecule has 2 aromatic carbocycles. The highest BCUT2D eigenvalue weighted by Crippen LogP contribution is 2.32. The Balaban J connectivity index is 1.51. The fraction of sp³-hybridized carbons (Fsp3) is 0.300. The van der Waals surface area contributed by atoms with E-state index in [9.17, 15) is 14.0 Å². The van der Waals surface area contributed by atoms with Crippen LogP contribution in [0.2, 0.25) is 0 Å². The number of ether oxygens (including phenoxy) is 2. The predicted octanol–water partition coefficient (Wildman–Crippen LogP) is 2.61. The number of benzene rings is 2. The SMILES string of the molecule is CC(=O)N(CCC(=O)NCc1ccccc1F)Cc1ccc2c(c1)OCO2. The number of fused-ring (bicyclic) bond motifs is 1. The lowest BCUT2D eigenvalue weighted by Gasteiger charge is -2.21. The van der Waals surface area contributed by atoms with Crippen LogP contribution in [0, 0.1) is 5.82 Å². The summed E-state index contributed by atoms with van der Waals surface area (Å²) in [6, 6.07) is 11.8. The van der Waals surface area contributed by atoms with Gasteiger partial charge in [-0.15, -0.1) is 0 Å². The minimum atomic E-state index is -0.356. The largest absolute Gasteiger partial charge is 0.454 e. The van der Waals surface area contributed by atoms with E-state index in [0.717, 1.165) is 5.56 Å². The first kappa shape index (κ1) is 18.7. The zero-order chi connectivity index (χ0) is 19.2. The summed E-state index contributed by atoms with van der Waals surface area (Å²) in [6.07, 6.45) is 0.137. The van der Waals surface area contributed by atoms with Gasteiger partial charge in [-0.2, -0.15) is 0 Å². The van der Waals surface area contributed by atoms with E-state index >= 15 is 0 Å². The number of rotatable bonds is 7. The zero-order valence-corrected chi connectivity index (χ0v) is 15.0. The summed E-state index contributed by atoms with van der Waals surface area (Å²) in [5, 5.41) is 2.68. The third-order valence-corrected chi connectivity index (χ3v) is 4.30. The Morgan fingerprint density at radius 2 is 1.93 bits per heavy atom. The first-order chi connectivity index (χ1) is 13.0. The molecule has 0 aromatic heterocycles. The number of carbonyl (C=O) groups is 2. The van der Waals surface area contributed by atoms with E-state index in [2.05, 4.69) is 5.32 Å². The third-order valence-electron chi connectivity index (χ3n) is 4.30. The fourth-order valence-corrected chi connectivity index (χ4v) is 2.77. The Hall–Kier alpha value is -3.09. The summed E-state index contributed by atoms with van der Waals surface area (Å²) in [7, 11) is 0. The van der Waals surface area contributed by atoms with Crippen LogP contribution < -0.4 is 14.8 Å². The molecule has 0 spiro atoms. The highest BCUT2D eigenvalue weighted by atomic mass is 19.1. The molecule has 0 bridgehead atoms. The number of halogens is 1. The van der Waals surface area contributed by atoms with Crippen LogP contribution in [-0.4, -0.2) is 30.1 Å². The minimum Gasteiger partial charge on any atom is -0.454 e. The monoisotopic (exact) mass is 372 g/mol. The molecule has 7 heteroatoms. The van der Waals surface area contributed by atoms with Crippen LogP contribution in [0.25, 0.3) is 0 Å². The van der Waals surface area contributed by atoms with Gasteiger partial charge >= 0.3 is 0 Å². The maximum Gasteiger partial charge on any atom is 0.231 e. The van der Waals surface area contributed by atoms with E-state index in [4.69, 9.17) is 9.47 Å². The van der Waals surface area contributed by atoms with Gasteiger partial charge in [0.2, 0.25) is 18.6 Å². The van der Waals surface area contributed by atoms with Gasteiger partial charge in [0.25, 0.3) is 0 Å². The maximum absolute atomic E-state index is 13.6. The molecule has 2 aromatic rings. The van der Waals surface area contributed by atoms with Crippen LogP contribution in [-0.2, 0) is 22.7 Å². The zero-order valence-electron chi connectivity index (χ0n) is 15.0. The summed E-state index contributed by atoms with van der Waals surface area (Å²) in [5.74, 6) is 0.606. The normalized spacial score (nSPS) is 11.9. The molecule has 2 amide bonds. The molecule has 3 rings (SSSR count). The van der Waals surface area contributed by atoms with Crippen molar-refractivity contribution >= 4 is 11.8 Å². The lowest BCUT2D eigenvalue weighted by molar-refractivity contribution is -0.130. The van der Waals surface area contributed by atoms with Crippen molar-refractivity contribution in [1.82, 2.24) is 10.2 Å². The molecule has 0 radical (unpaired) electrons. The molecule has 0 aliphatic carbocycles. The third kappa shape index (κ3) is 4.97. The molecular formula is C20H21FN2O4. The van der Waals surface area contributed by atoms with Crippen molar-refractivity contribution in [2.24, 2.45) is 0 Å². The van der Waals surface area contributed by atoms with Crippen LogP contribution in [0.5, 0.6) is 11.5 Å². The van der Waals surface area contributed by atoms with Gasteiger partial charge in [-0.05, 0) is 23.8 Å². The smallest absolute Gasteiger partial charge is 0.231 e. The maximum atomic E-state index is 13.6. The molecule has 0 unspecified atom stereocenters. The minimum absolute atomic E-state index is 0.119. The Morgan fingerprint density at radius 1 is 1.15 bits per heavy atom. The number of hydrogen-bond acceptors (Lipinski definition) is 4. The van der Waals surface area contributed by atoms with Crippen LogP contribution in [0.15, 0.2) is 42.5 Å². The molecule has 0 saturated heterocycles. The van der Waals surface area contributed by atoms with Crippen molar-refractivity contribution in [3.63, 3.8) is 0 Å². The van der Waals surface area contributed by atoms with E-state index in [1.54, 1.807) is 29.2 Å².